The van der Waals surface area contributed by atoms with Gasteiger partial charge in [-0.3, -0.25) is 10.1 Å². The molecule has 0 bridgehead atoms. The number of aliphatic hydroxyl groups excluding tert-OH is 2. The number of nitro benzene ring substituents is 1. The predicted octanol–water partition coefficient (Wildman–Crippen LogP) is 3.96. The van der Waals surface area contributed by atoms with Crippen molar-refractivity contribution in [3.63, 3.8) is 0 Å². The second-order valence-electron chi connectivity index (χ2n) is 10.4. The SMILES string of the molecule is C=C1CC[C@@H]2[C@](C)(CO)[C@H](O)CC[C@@]2(C)[C@@H]1C/C=C1/C(=O)OC[C@@H]1Oc1ccc([N+](=O)[O-])cc1. The van der Waals surface area contributed by atoms with Gasteiger partial charge in [-0.2, -0.15) is 0 Å². The maximum Gasteiger partial charge on any atom is 0.337 e. The van der Waals surface area contributed by atoms with Crippen molar-refractivity contribution in [2.45, 2.75) is 58.2 Å². The molecule has 1 saturated heterocycles. The number of ether oxygens (including phenoxy) is 2. The maximum atomic E-state index is 12.5. The van der Waals surface area contributed by atoms with E-state index in [-0.39, 0.29) is 36.2 Å². The number of carbonyl (C=O) groups is 1. The van der Waals surface area contributed by atoms with Crippen LogP contribution in [0.2, 0.25) is 0 Å². The van der Waals surface area contributed by atoms with Crippen molar-refractivity contribution < 1.29 is 29.4 Å². The van der Waals surface area contributed by atoms with Crippen LogP contribution in [0, 0.1) is 32.8 Å². The Labute approximate surface area is 199 Å². The molecule has 8 heteroatoms. The Morgan fingerprint density at radius 2 is 2.00 bits per heavy atom. The summed E-state index contributed by atoms with van der Waals surface area (Å²) in [5, 5.41) is 31.7. The van der Waals surface area contributed by atoms with Gasteiger partial charge in [0.25, 0.3) is 5.69 Å². The molecule has 0 aromatic heterocycles. The lowest BCUT2D eigenvalue weighted by molar-refractivity contribution is -0.384. The Morgan fingerprint density at radius 3 is 2.65 bits per heavy atom. The molecular formula is C26H33NO7. The molecule has 1 aromatic carbocycles. The third-order valence-electron chi connectivity index (χ3n) is 8.54. The number of rotatable bonds is 6. The van der Waals surface area contributed by atoms with Crippen LogP contribution in [0.5, 0.6) is 5.75 Å². The van der Waals surface area contributed by atoms with Gasteiger partial charge in [-0.15, -0.1) is 0 Å². The Hall–Kier alpha value is -2.71. The van der Waals surface area contributed by atoms with E-state index in [1.807, 2.05) is 13.0 Å². The Morgan fingerprint density at radius 1 is 1.29 bits per heavy atom. The summed E-state index contributed by atoms with van der Waals surface area (Å²) in [6.07, 6.45) is 4.50. The van der Waals surface area contributed by atoms with Crippen LogP contribution in [-0.2, 0) is 9.53 Å². The summed E-state index contributed by atoms with van der Waals surface area (Å²) >= 11 is 0. The largest absolute Gasteiger partial charge is 0.482 e. The van der Waals surface area contributed by atoms with Gasteiger partial charge in [0.05, 0.1) is 23.2 Å². The highest BCUT2D eigenvalue weighted by Gasteiger charge is 2.57. The van der Waals surface area contributed by atoms with Crippen LogP contribution >= 0.6 is 0 Å². The highest BCUT2D eigenvalue weighted by molar-refractivity contribution is 5.91. The van der Waals surface area contributed by atoms with Gasteiger partial charge in [-0.1, -0.05) is 32.1 Å². The molecule has 34 heavy (non-hydrogen) atoms. The zero-order valence-corrected chi connectivity index (χ0v) is 19.7. The van der Waals surface area contributed by atoms with Crippen molar-refractivity contribution in [2.75, 3.05) is 13.2 Å². The molecular weight excluding hydrogens is 438 g/mol. The first-order valence-electron chi connectivity index (χ1n) is 11.8. The van der Waals surface area contributed by atoms with E-state index in [0.29, 0.717) is 24.2 Å². The third-order valence-corrected chi connectivity index (χ3v) is 8.54. The molecule has 4 rings (SSSR count). The topological polar surface area (TPSA) is 119 Å². The highest BCUT2D eigenvalue weighted by Crippen LogP contribution is 2.61. The van der Waals surface area contributed by atoms with Crippen LogP contribution in [0.1, 0.15) is 46.0 Å². The van der Waals surface area contributed by atoms with E-state index in [4.69, 9.17) is 9.47 Å². The first kappa shape index (κ1) is 24.4. The van der Waals surface area contributed by atoms with Crippen LogP contribution in [0.4, 0.5) is 5.69 Å². The van der Waals surface area contributed by atoms with Crippen molar-refractivity contribution in [1.29, 1.82) is 0 Å². The molecule has 3 aliphatic rings. The quantitative estimate of drug-likeness (QED) is 0.212. The molecule has 0 spiro atoms. The molecule has 0 amide bonds. The fourth-order valence-electron chi connectivity index (χ4n) is 6.46. The van der Waals surface area contributed by atoms with Gasteiger partial charge in [0.2, 0.25) is 0 Å². The van der Waals surface area contributed by atoms with E-state index < -0.39 is 28.5 Å². The van der Waals surface area contributed by atoms with Crippen LogP contribution in [0.25, 0.3) is 0 Å². The van der Waals surface area contributed by atoms with E-state index >= 15 is 0 Å². The van der Waals surface area contributed by atoms with Gasteiger partial charge in [0.1, 0.15) is 12.4 Å². The first-order valence-corrected chi connectivity index (χ1v) is 11.8. The zero-order chi connectivity index (χ0) is 24.7. The van der Waals surface area contributed by atoms with Crippen LogP contribution in [0.15, 0.2) is 48.1 Å². The molecule has 1 aliphatic heterocycles. The fourth-order valence-corrected chi connectivity index (χ4v) is 6.46. The average molecular weight is 472 g/mol. The number of esters is 1. The summed E-state index contributed by atoms with van der Waals surface area (Å²) in [4.78, 5) is 22.9. The second-order valence-corrected chi connectivity index (χ2v) is 10.4. The van der Waals surface area contributed by atoms with E-state index in [1.165, 1.54) is 24.3 Å². The van der Waals surface area contributed by atoms with Crippen molar-refractivity contribution >= 4 is 11.7 Å². The van der Waals surface area contributed by atoms with Crippen molar-refractivity contribution in [3.8, 4) is 5.75 Å². The summed E-state index contributed by atoms with van der Waals surface area (Å²) in [6, 6.07) is 5.74. The molecule has 8 nitrogen and oxygen atoms in total. The third kappa shape index (κ3) is 4.14. The summed E-state index contributed by atoms with van der Waals surface area (Å²) in [7, 11) is 0. The minimum absolute atomic E-state index is 0.0343. The predicted molar refractivity (Wildman–Crippen MR) is 125 cm³/mol. The summed E-state index contributed by atoms with van der Waals surface area (Å²) in [5.74, 6) is 0.249. The average Bonchev–Trinajstić information content (AvgIpc) is 3.15. The van der Waals surface area contributed by atoms with E-state index in [2.05, 4.69) is 13.5 Å². The van der Waals surface area contributed by atoms with E-state index in [0.717, 1.165) is 24.8 Å². The zero-order valence-electron chi connectivity index (χ0n) is 19.7. The van der Waals surface area contributed by atoms with Crippen molar-refractivity contribution in [3.05, 3.63) is 58.2 Å². The minimum atomic E-state index is -0.592. The number of fused-ring (bicyclic) bond motifs is 1. The van der Waals surface area contributed by atoms with Gasteiger partial charge in [0.15, 0.2) is 6.10 Å². The van der Waals surface area contributed by atoms with E-state index in [1.54, 1.807) is 0 Å². The number of carbonyl (C=O) groups excluding carboxylic acids is 1. The number of hydrogen-bond donors (Lipinski definition) is 2. The number of nitrogens with zero attached hydrogens (tertiary/aromatic N) is 1. The molecule has 3 fully saturated rings. The van der Waals surface area contributed by atoms with Gasteiger partial charge >= 0.3 is 5.97 Å². The smallest absolute Gasteiger partial charge is 0.337 e. The number of nitro groups is 1. The normalized spacial score (nSPS) is 36.8. The van der Waals surface area contributed by atoms with Gasteiger partial charge in [0, 0.05) is 17.5 Å². The maximum absolute atomic E-state index is 12.5. The lowest BCUT2D eigenvalue weighted by atomic mass is 9.46. The molecule has 6 atom stereocenters. The lowest BCUT2D eigenvalue weighted by Gasteiger charge is -2.59. The van der Waals surface area contributed by atoms with Gasteiger partial charge in [-0.25, -0.2) is 4.79 Å². The number of non-ortho nitro benzene ring substituents is 1. The monoisotopic (exact) mass is 471 g/mol. The van der Waals surface area contributed by atoms with E-state index in [9.17, 15) is 25.1 Å². The number of hydrogen-bond acceptors (Lipinski definition) is 7. The summed E-state index contributed by atoms with van der Waals surface area (Å²) in [6.45, 7) is 8.57. The minimum Gasteiger partial charge on any atom is -0.482 e. The lowest BCUT2D eigenvalue weighted by Crippen LogP contribution is -2.57. The van der Waals surface area contributed by atoms with Gasteiger partial charge in [-0.05, 0) is 61.5 Å². The fraction of sp³-hybridized carbons (Fsp3) is 0.577. The molecule has 2 aliphatic carbocycles. The molecule has 0 radical (unpaired) electrons. The molecule has 184 valence electrons. The van der Waals surface area contributed by atoms with Crippen LogP contribution < -0.4 is 4.74 Å². The molecule has 1 heterocycles. The second kappa shape index (κ2) is 9.15. The standard InChI is InChI=1S/C26H33NO7/c1-16-4-11-22-25(2,13-12-23(29)26(22,3)15-28)20(16)10-9-19-21(14-33-24(19)30)34-18-7-5-17(6-8-18)27(31)32/h5-9,20-23,28-29H,1,4,10-15H2,2-3H3/b19-9+/t20-,21+,22+,23-,25+,26+/m1/s1. The Bertz CT molecular complexity index is 1000. The first-order chi connectivity index (χ1) is 16.1. The number of aliphatic hydroxyl groups is 2. The Kier molecular flexibility index (Phi) is 6.57. The van der Waals surface area contributed by atoms with Gasteiger partial charge < -0.3 is 19.7 Å². The molecule has 2 N–H and O–H groups in total. The Balaban J connectivity index is 1.54. The number of benzene rings is 1. The number of cyclic esters (lactones) is 1. The summed E-state index contributed by atoms with van der Waals surface area (Å²) < 4.78 is 11.2. The van der Waals surface area contributed by atoms with Crippen LogP contribution in [-0.4, -0.2) is 46.5 Å². The molecule has 2 saturated carbocycles. The highest BCUT2D eigenvalue weighted by atomic mass is 16.6. The molecule has 0 unspecified atom stereocenters. The van der Waals surface area contributed by atoms with Crippen LogP contribution in [0.3, 0.4) is 0 Å². The summed E-state index contributed by atoms with van der Waals surface area (Å²) in [5.41, 5.74) is 0.824. The number of allylic oxidation sites excluding steroid dienone is 2. The van der Waals surface area contributed by atoms with Crippen molar-refractivity contribution in [2.24, 2.45) is 22.7 Å². The molecule has 1 aromatic rings. The van der Waals surface area contributed by atoms with Crippen molar-refractivity contribution in [1.82, 2.24) is 0 Å².